The third-order valence-corrected chi connectivity index (χ3v) is 3.56. The molecule has 0 N–H and O–H groups in total. The second-order valence-corrected chi connectivity index (χ2v) is 4.62. The zero-order chi connectivity index (χ0) is 14.2. The molecule has 0 aliphatic carbocycles. The summed E-state index contributed by atoms with van der Waals surface area (Å²) in [6.07, 6.45) is -3.76. The van der Waals surface area contributed by atoms with Gasteiger partial charge in [0.25, 0.3) is 0 Å². The quantitative estimate of drug-likeness (QED) is 0.786. The molecule has 2 rings (SSSR count). The fourth-order valence-corrected chi connectivity index (χ4v) is 2.02. The fourth-order valence-electron chi connectivity index (χ4n) is 1.65. The molecule has 0 aliphatic heterocycles. The highest BCUT2D eigenvalue weighted by Crippen LogP contribution is 2.32. The van der Waals surface area contributed by atoms with Crippen LogP contribution in [0.1, 0.15) is 15.9 Å². The van der Waals surface area contributed by atoms with Crippen molar-refractivity contribution in [3.63, 3.8) is 0 Å². The number of aldehydes is 1. The summed E-state index contributed by atoms with van der Waals surface area (Å²) >= 11 is 3.19. The number of rotatable bonds is 2. The highest BCUT2D eigenvalue weighted by Gasteiger charge is 2.30. The number of aromatic nitrogens is 2. The molecule has 1 heterocycles. The van der Waals surface area contributed by atoms with Crippen molar-refractivity contribution in [1.82, 2.24) is 9.78 Å². The van der Waals surface area contributed by atoms with Crippen molar-refractivity contribution in [3.8, 4) is 11.3 Å². The van der Waals surface area contributed by atoms with Crippen LogP contribution in [0.3, 0.4) is 0 Å². The first-order valence-electron chi connectivity index (χ1n) is 5.20. The van der Waals surface area contributed by atoms with Gasteiger partial charge in [-0.25, -0.2) is 0 Å². The van der Waals surface area contributed by atoms with Gasteiger partial charge in [-0.05, 0) is 28.1 Å². The van der Waals surface area contributed by atoms with Crippen LogP contribution in [0, 0.1) is 0 Å². The predicted molar refractivity (Wildman–Crippen MR) is 66.7 cm³/mol. The Bertz CT molecular complexity index is 617. The summed E-state index contributed by atoms with van der Waals surface area (Å²) in [5.41, 5.74) is 0.371. The molecule has 3 nitrogen and oxygen atoms in total. The number of alkyl halides is 3. The largest absolute Gasteiger partial charge is 0.416 e. The van der Waals surface area contributed by atoms with Crippen molar-refractivity contribution in [3.05, 3.63) is 40.0 Å². The second kappa shape index (κ2) is 4.80. The van der Waals surface area contributed by atoms with Gasteiger partial charge >= 0.3 is 6.18 Å². The third kappa shape index (κ3) is 2.56. The molecular formula is C12H8BrF3N2O. The molecule has 0 radical (unpaired) electrons. The maximum Gasteiger partial charge on any atom is 0.416 e. The normalized spacial score (nSPS) is 11.6. The Morgan fingerprint density at radius 2 is 1.84 bits per heavy atom. The molecule has 0 saturated heterocycles. The molecule has 0 fully saturated rings. The van der Waals surface area contributed by atoms with E-state index in [1.807, 2.05) is 0 Å². The van der Waals surface area contributed by atoms with Crippen LogP contribution in [0.2, 0.25) is 0 Å². The Balaban J connectivity index is 2.49. The predicted octanol–water partition coefficient (Wildman–Crippen LogP) is 3.68. The first-order chi connectivity index (χ1) is 8.84. The van der Waals surface area contributed by atoms with E-state index in [-0.39, 0.29) is 0 Å². The molecule has 2 aromatic rings. The standard InChI is InChI=1S/C12H8BrF3N2O/c1-18-11(13)9(6-19)10(17-18)7-2-4-8(5-3-7)12(14,15)16/h2-6H,1H3. The number of carbonyl (C=O) groups is 1. The number of hydrogen-bond acceptors (Lipinski definition) is 2. The van der Waals surface area contributed by atoms with Crippen LogP contribution in [0.25, 0.3) is 11.3 Å². The van der Waals surface area contributed by atoms with E-state index in [1.165, 1.54) is 16.8 Å². The zero-order valence-corrected chi connectivity index (χ0v) is 11.3. The van der Waals surface area contributed by atoms with Gasteiger partial charge in [0.1, 0.15) is 10.3 Å². The summed E-state index contributed by atoms with van der Waals surface area (Å²) < 4.78 is 39.3. The van der Waals surface area contributed by atoms with Crippen LogP contribution >= 0.6 is 15.9 Å². The Kier molecular flexibility index (Phi) is 3.49. The van der Waals surface area contributed by atoms with Crippen molar-refractivity contribution >= 4 is 22.2 Å². The van der Waals surface area contributed by atoms with Gasteiger partial charge in [-0.2, -0.15) is 18.3 Å². The minimum atomic E-state index is -4.38. The Morgan fingerprint density at radius 3 is 2.32 bits per heavy atom. The Hall–Kier alpha value is -1.63. The molecule has 0 atom stereocenters. The number of benzene rings is 1. The summed E-state index contributed by atoms with van der Waals surface area (Å²) in [4.78, 5) is 11.0. The molecule has 0 saturated carbocycles. The molecular weight excluding hydrogens is 325 g/mol. The van der Waals surface area contributed by atoms with Gasteiger partial charge in [0.05, 0.1) is 11.1 Å². The van der Waals surface area contributed by atoms with Gasteiger partial charge in [0.15, 0.2) is 6.29 Å². The minimum absolute atomic E-state index is 0.308. The monoisotopic (exact) mass is 332 g/mol. The smallest absolute Gasteiger partial charge is 0.298 e. The lowest BCUT2D eigenvalue weighted by Gasteiger charge is -2.06. The van der Waals surface area contributed by atoms with Crippen LogP contribution in [0.5, 0.6) is 0 Å². The lowest BCUT2D eigenvalue weighted by Crippen LogP contribution is -2.04. The summed E-state index contributed by atoms with van der Waals surface area (Å²) in [7, 11) is 1.63. The lowest BCUT2D eigenvalue weighted by atomic mass is 10.1. The summed E-state index contributed by atoms with van der Waals surface area (Å²) in [5.74, 6) is 0. The molecule has 7 heteroatoms. The van der Waals surface area contributed by atoms with Crippen molar-refractivity contribution in [2.75, 3.05) is 0 Å². The molecule has 100 valence electrons. The van der Waals surface area contributed by atoms with Crippen LogP contribution in [-0.2, 0) is 13.2 Å². The lowest BCUT2D eigenvalue weighted by molar-refractivity contribution is -0.137. The Labute approximate surface area is 115 Å². The molecule has 1 aromatic carbocycles. The van der Waals surface area contributed by atoms with Crippen molar-refractivity contribution < 1.29 is 18.0 Å². The molecule has 0 bridgehead atoms. The Morgan fingerprint density at radius 1 is 1.26 bits per heavy atom. The zero-order valence-electron chi connectivity index (χ0n) is 9.70. The van der Waals surface area contributed by atoms with E-state index in [4.69, 9.17) is 0 Å². The number of hydrogen-bond donors (Lipinski definition) is 0. The van der Waals surface area contributed by atoms with E-state index in [2.05, 4.69) is 21.0 Å². The number of carbonyl (C=O) groups excluding carboxylic acids is 1. The van der Waals surface area contributed by atoms with Crippen LogP contribution < -0.4 is 0 Å². The van der Waals surface area contributed by atoms with Gasteiger partial charge in [-0.15, -0.1) is 0 Å². The molecule has 19 heavy (non-hydrogen) atoms. The van der Waals surface area contributed by atoms with E-state index < -0.39 is 11.7 Å². The van der Waals surface area contributed by atoms with Crippen LogP contribution in [-0.4, -0.2) is 16.1 Å². The topological polar surface area (TPSA) is 34.9 Å². The van der Waals surface area contributed by atoms with E-state index in [0.717, 1.165) is 12.1 Å². The van der Waals surface area contributed by atoms with Crippen molar-refractivity contribution in [1.29, 1.82) is 0 Å². The van der Waals surface area contributed by atoms with Gasteiger partial charge in [0, 0.05) is 12.6 Å². The van der Waals surface area contributed by atoms with Gasteiger partial charge in [-0.3, -0.25) is 9.48 Å². The van der Waals surface area contributed by atoms with Crippen LogP contribution in [0.15, 0.2) is 28.9 Å². The molecule has 0 unspecified atom stereocenters. The maximum absolute atomic E-state index is 12.5. The van der Waals surface area contributed by atoms with E-state index >= 15 is 0 Å². The average molecular weight is 333 g/mol. The molecule has 0 aliphatic rings. The first-order valence-corrected chi connectivity index (χ1v) is 5.99. The van der Waals surface area contributed by atoms with E-state index in [1.54, 1.807) is 7.05 Å². The summed E-state index contributed by atoms with van der Waals surface area (Å²) in [5, 5.41) is 4.10. The summed E-state index contributed by atoms with van der Waals surface area (Å²) in [6, 6.07) is 4.52. The third-order valence-electron chi connectivity index (χ3n) is 2.62. The number of halogens is 4. The average Bonchev–Trinajstić information content (AvgIpc) is 2.64. The van der Waals surface area contributed by atoms with Gasteiger partial charge < -0.3 is 0 Å². The number of nitrogens with zero attached hydrogens (tertiary/aromatic N) is 2. The maximum atomic E-state index is 12.5. The fraction of sp³-hybridized carbons (Fsp3) is 0.167. The highest BCUT2D eigenvalue weighted by atomic mass is 79.9. The SMILES string of the molecule is Cn1nc(-c2ccc(C(F)(F)F)cc2)c(C=O)c1Br. The van der Waals surface area contributed by atoms with Gasteiger partial charge in [0.2, 0.25) is 0 Å². The minimum Gasteiger partial charge on any atom is -0.298 e. The van der Waals surface area contributed by atoms with E-state index in [9.17, 15) is 18.0 Å². The molecule has 0 amide bonds. The highest BCUT2D eigenvalue weighted by molar-refractivity contribution is 9.10. The van der Waals surface area contributed by atoms with Gasteiger partial charge in [-0.1, -0.05) is 12.1 Å². The van der Waals surface area contributed by atoms with Crippen molar-refractivity contribution in [2.45, 2.75) is 6.18 Å². The molecule has 1 aromatic heterocycles. The van der Waals surface area contributed by atoms with Crippen LogP contribution in [0.4, 0.5) is 13.2 Å². The van der Waals surface area contributed by atoms with E-state index in [0.29, 0.717) is 27.7 Å². The molecule has 0 spiro atoms. The van der Waals surface area contributed by atoms with Crippen molar-refractivity contribution in [2.24, 2.45) is 7.05 Å². The first kappa shape index (κ1) is 13.8. The summed E-state index contributed by atoms with van der Waals surface area (Å²) in [6.45, 7) is 0. The second-order valence-electron chi connectivity index (χ2n) is 3.87. The number of aryl methyl sites for hydroxylation is 1.